The van der Waals surface area contributed by atoms with Crippen molar-refractivity contribution in [3.05, 3.63) is 42.2 Å². The smallest absolute Gasteiger partial charge is 0.229 e. The van der Waals surface area contributed by atoms with E-state index in [1.807, 2.05) is 13.2 Å². The average molecular weight is 363 g/mol. The molecular weight excluding hydrogens is 342 g/mol. The topological polar surface area (TPSA) is 105 Å². The number of aromatic nitrogens is 2. The van der Waals surface area contributed by atoms with Crippen molar-refractivity contribution in [2.75, 3.05) is 29.4 Å². The Hall–Kier alpha value is -2.39. The van der Waals surface area contributed by atoms with Gasteiger partial charge >= 0.3 is 0 Å². The summed E-state index contributed by atoms with van der Waals surface area (Å²) in [6.45, 7) is 1.26. The number of amides is 1. The van der Waals surface area contributed by atoms with Gasteiger partial charge in [0.05, 0.1) is 29.7 Å². The Kier molecular flexibility index (Phi) is 4.78. The van der Waals surface area contributed by atoms with Crippen molar-refractivity contribution in [1.29, 1.82) is 0 Å². The Bertz CT molecular complexity index is 877. The van der Waals surface area contributed by atoms with E-state index in [0.29, 0.717) is 24.5 Å². The molecule has 2 aromatic rings. The average Bonchev–Trinajstić information content (AvgIpc) is 3.16. The van der Waals surface area contributed by atoms with Gasteiger partial charge in [-0.3, -0.25) is 14.2 Å². The van der Waals surface area contributed by atoms with E-state index < -0.39 is 10.0 Å². The standard InChI is InChI=1S/C16H21N5O3S/c1-21-10-11(7-18-21)12-8-17-9-13(12)16(22)19-14-5-3-4-6-15(14)20-25(2,23)24/h3-7,10,12-13,17,20H,8-9H2,1-2H3,(H,19,22)/t12-,13+/m1/s1. The van der Waals surface area contributed by atoms with Gasteiger partial charge in [-0.05, 0) is 17.7 Å². The third-order valence-corrected chi connectivity index (χ3v) is 4.77. The number of nitrogens with one attached hydrogen (secondary N) is 3. The summed E-state index contributed by atoms with van der Waals surface area (Å²) in [4.78, 5) is 12.8. The third kappa shape index (κ3) is 4.18. The van der Waals surface area contributed by atoms with E-state index >= 15 is 0 Å². The number of aryl methyl sites for hydroxylation is 1. The van der Waals surface area contributed by atoms with Crippen molar-refractivity contribution >= 4 is 27.3 Å². The number of hydrogen-bond acceptors (Lipinski definition) is 5. The van der Waals surface area contributed by atoms with Gasteiger partial charge in [0.15, 0.2) is 0 Å². The molecule has 0 saturated carbocycles. The highest BCUT2D eigenvalue weighted by Crippen LogP contribution is 2.30. The predicted molar refractivity (Wildman–Crippen MR) is 95.8 cm³/mol. The van der Waals surface area contributed by atoms with Gasteiger partial charge in [-0.15, -0.1) is 0 Å². The summed E-state index contributed by atoms with van der Waals surface area (Å²) in [5.41, 5.74) is 1.80. The van der Waals surface area contributed by atoms with Crippen molar-refractivity contribution in [1.82, 2.24) is 15.1 Å². The Morgan fingerprint density at radius 3 is 2.64 bits per heavy atom. The SMILES string of the molecule is Cn1cc([C@H]2CNC[C@@H]2C(=O)Nc2ccccc2NS(C)(=O)=O)cn1. The van der Waals surface area contributed by atoms with Crippen LogP contribution in [0.1, 0.15) is 11.5 Å². The summed E-state index contributed by atoms with van der Waals surface area (Å²) in [5, 5.41) is 10.3. The van der Waals surface area contributed by atoms with Crippen LogP contribution in [0.5, 0.6) is 0 Å². The molecule has 2 atom stereocenters. The fourth-order valence-electron chi connectivity index (χ4n) is 3.04. The zero-order valence-electron chi connectivity index (χ0n) is 14.1. The molecule has 9 heteroatoms. The monoisotopic (exact) mass is 363 g/mol. The van der Waals surface area contributed by atoms with E-state index in [4.69, 9.17) is 0 Å². The molecule has 2 heterocycles. The zero-order valence-corrected chi connectivity index (χ0v) is 14.9. The minimum Gasteiger partial charge on any atom is -0.324 e. The largest absolute Gasteiger partial charge is 0.324 e. The Labute approximate surface area is 146 Å². The predicted octanol–water partition coefficient (Wildman–Crippen LogP) is 0.733. The highest BCUT2D eigenvalue weighted by atomic mass is 32.2. The molecule has 0 aliphatic carbocycles. The number of carbonyl (C=O) groups excluding carboxylic acids is 1. The number of benzene rings is 1. The summed E-state index contributed by atoms with van der Waals surface area (Å²) >= 11 is 0. The number of para-hydroxylation sites is 2. The molecule has 0 unspecified atom stereocenters. The lowest BCUT2D eigenvalue weighted by atomic mass is 9.90. The fourth-order valence-corrected chi connectivity index (χ4v) is 3.62. The van der Waals surface area contributed by atoms with E-state index in [1.165, 1.54) is 0 Å². The van der Waals surface area contributed by atoms with Gasteiger partial charge in [0.25, 0.3) is 0 Å². The van der Waals surface area contributed by atoms with Gasteiger partial charge in [0, 0.05) is 32.3 Å². The molecule has 25 heavy (non-hydrogen) atoms. The number of carbonyl (C=O) groups is 1. The van der Waals surface area contributed by atoms with Crippen LogP contribution >= 0.6 is 0 Å². The highest BCUT2D eigenvalue weighted by Gasteiger charge is 2.35. The molecule has 1 aromatic heterocycles. The molecule has 0 radical (unpaired) electrons. The molecule has 3 rings (SSSR count). The quantitative estimate of drug-likeness (QED) is 0.726. The molecule has 1 aliphatic heterocycles. The number of sulfonamides is 1. The summed E-state index contributed by atoms with van der Waals surface area (Å²) in [5.74, 6) is -0.374. The minimum absolute atomic E-state index is 0.0312. The van der Waals surface area contributed by atoms with E-state index in [-0.39, 0.29) is 17.7 Å². The first kappa shape index (κ1) is 17.4. The summed E-state index contributed by atoms with van der Waals surface area (Å²) in [6.07, 6.45) is 4.76. The molecule has 3 N–H and O–H groups in total. The Balaban J connectivity index is 1.78. The van der Waals surface area contributed by atoms with Crippen LogP contribution in [0.15, 0.2) is 36.7 Å². The second kappa shape index (κ2) is 6.85. The lowest BCUT2D eigenvalue weighted by Crippen LogP contribution is -2.28. The van der Waals surface area contributed by atoms with Gasteiger partial charge in [-0.1, -0.05) is 12.1 Å². The van der Waals surface area contributed by atoms with Gasteiger partial charge in [-0.25, -0.2) is 8.42 Å². The van der Waals surface area contributed by atoms with Crippen LogP contribution < -0.4 is 15.4 Å². The maximum Gasteiger partial charge on any atom is 0.229 e. The first-order chi connectivity index (χ1) is 11.8. The second-order valence-corrected chi connectivity index (χ2v) is 7.98. The highest BCUT2D eigenvalue weighted by molar-refractivity contribution is 7.92. The van der Waals surface area contributed by atoms with Crippen LogP contribution in [-0.4, -0.2) is 43.5 Å². The van der Waals surface area contributed by atoms with Crippen LogP contribution in [-0.2, 0) is 21.9 Å². The Morgan fingerprint density at radius 2 is 2.00 bits per heavy atom. The van der Waals surface area contributed by atoms with Crippen molar-refractivity contribution in [2.24, 2.45) is 13.0 Å². The van der Waals surface area contributed by atoms with E-state index in [1.54, 1.807) is 35.1 Å². The van der Waals surface area contributed by atoms with Crippen LogP contribution in [0.3, 0.4) is 0 Å². The number of nitrogens with zero attached hydrogens (tertiary/aromatic N) is 2. The molecule has 1 aliphatic rings. The van der Waals surface area contributed by atoms with Crippen LogP contribution in [0.2, 0.25) is 0 Å². The summed E-state index contributed by atoms with van der Waals surface area (Å²) in [6, 6.07) is 6.74. The molecule has 0 bridgehead atoms. The molecule has 0 spiro atoms. The Morgan fingerprint density at radius 1 is 1.28 bits per heavy atom. The van der Waals surface area contributed by atoms with Crippen molar-refractivity contribution < 1.29 is 13.2 Å². The van der Waals surface area contributed by atoms with Crippen molar-refractivity contribution in [3.8, 4) is 0 Å². The van der Waals surface area contributed by atoms with Crippen molar-refractivity contribution in [3.63, 3.8) is 0 Å². The van der Waals surface area contributed by atoms with E-state index in [9.17, 15) is 13.2 Å². The van der Waals surface area contributed by atoms with Crippen LogP contribution in [0, 0.1) is 5.92 Å². The van der Waals surface area contributed by atoms with Gasteiger partial charge in [-0.2, -0.15) is 5.10 Å². The second-order valence-electron chi connectivity index (χ2n) is 6.23. The molecule has 1 amide bonds. The molecule has 1 aromatic carbocycles. The molecule has 1 saturated heterocycles. The maximum absolute atomic E-state index is 12.8. The van der Waals surface area contributed by atoms with E-state index in [0.717, 1.165) is 11.8 Å². The summed E-state index contributed by atoms with van der Waals surface area (Å²) < 4.78 is 27.1. The first-order valence-electron chi connectivity index (χ1n) is 7.90. The molecular formula is C16H21N5O3S. The lowest BCUT2D eigenvalue weighted by molar-refractivity contribution is -0.119. The zero-order chi connectivity index (χ0) is 18.0. The normalized spacial score (nSPS) is 20.4. The van der Waals surface area contributed by atoms with Crippen molar-refractivity contribution in [2.45, 2.75) is 5.92 Å². The maximum atomic E-state index is 12.8. The van der Waals surface area contributed by atoms with E-state index in [2.05, 4.69) is 20.5 Å². The fraction of sp³-hybridized carbons (Fsp3) is 0.375. The number of hydrogen-bond donors (Lipinski definition) is 3. The first-order valence-corrected chi connectivity index (χ1v) is 9.79. The third-order valence-electron chi connectivity index (χ3n) is 4.18. The van der Waals surface area contributed by atoms with Gasteiger partial charge in [0.2, 0.25) is 15.9 Å². The molecule has 1 fully saturated rings. The van der Waals surface area contributed by atoms with Gasteiger partial charge in [0.1, 0.15) is 0 Å². The lowest BCUT2D eigenvalue weighted by Gasteiger charge is -2.18. The van der Waals surface area contributed by atoms with Crippen LogP contribution in [0.25, 0.3) is 0 Å². The minimum atomic E-state index is -3.43. The van der Waals surface area contributed by atoms with Crippen LogP contribution in [0.4, 0.5) is 11.4 Å². The summed E-state index contributed by atoms with van der Waals surface area (Å²) in [7, 11) is -1.59. The number of rotatable bonds is 5. The van der Waals surface area contributed by atoms with Gasteiger partial charge < -0.3 is 10.6 Å². The molecule has 8 nitrogen and oxygen atoms in total. The number of anilines is 2. The molecule has 134 valence electrons.